The van der Waals surface area contributed by atoms with Gasteiger partial charge in [0, 0.05) is 25.5 Å². The largest absolute Gasteiger partial charge is 0.377 e. The smallest absolute Gasteiger partial charge is 0.275 e. The molecule has 3 aromatic rings. The van der Waals surface area contributed by atoms with Crippen LogP contribution in [0, 0.1) is 6.92 Å². The molecule has 0 aliphatic heterocycles. The minimum Gasteiger partial charge on any atom is -0.377 e. The predicted octanol–water partition coefficient (Wildman–Crippen LogP) is 4.04. The summed E-state index contributed by atoms with van der Waals surface area (Å²) in [7, 11) is 4.00. The van der Waals surface area contributed by atoms with Crippen LogP contribution in [0.4, 0.5) is 5.69 Å². The number of fused-ring (bicyclic) bond motifs is 3. The van der Waals surface area contributed by atoms with E-state index in [-0.39, 0.29) is 5.56 Å². The lowest BCUT2D eigenvalue weighted by atomic mass is 10.2. The Bertz CT molecular complexity index is 998. The zero-order chi connectivity index (χ0) is 17.4. The minimum absolute atomic E-state index is 0.00749. The zero-order valence-electron chi connectivity index (χ0n) is 14.8. The molecule has 0 saturated carbocycles. The number of nitrogens with zero attached hydrogens (tertiary/aromatic N) is 4. The Balaban J connectivity index is 2.39. The van der Waals surface area contributed by atoms with Crippen molar-refractivity contribution in [2.24, 2.45) is 0 Å². The molecule has 0 unspecified atom stereocenters. The average molecular weight is 342 g/mol. The number of pyridine rings is 1. The summed E-state index contributed by atoms with van der Waals surface area (Å²) in [6, 6.07) is 2.04. The van der Waals surface area contributed by atoms with Crippen LogP contribution in [0.15, 0.2) is 23.3 Å². The summed E-state index contributed by atoms with van der Waals surface area (Å²) in [5, 5.41) is 0.965. The number of allylic oxidation sites excluding steroid dienone is 2. The number of thiophene rings is 1. The summed E-state index contributed by atoms with van der Waals surface area (Å²) in [5.74, 6) is 0. The molecule has 0 N–H and O–H groups in total. The average Bonchev–Trinajstić information content (AvgIpc) is 2.91. The lowest BCUT2D eigenvalue weighted by Crippen LogP contribution is -2.18. The van der Waals surface area contributed by atoms with Crippen LogP contribution in [-0.2, 0) is 0 Å². The van der Waals surface area contributed by atoms with Gasteiger partial charge in [0.05, 0.1) is 16.6 Å². The fraction of sp³-hybridized carbons (Fsp3) is 0.389. The molecule has 126 valence electrons. The fourth-order valence-electron chi connectivity index (χ4n) is 2.93. The van der Waals surface area contributed by atoms with Crippen LogP contribution in [0.3, 0.4) is 0 Å². The Morgan fingerprint density at radius 3 is 2.75 bits per heavy atom. The maximum absolute atomic E-state index is 13.0. The Morgan fingerprint density at radius 1 is 1.38 bits per heavy atom. The minimum atomic E-state index is -0.00749. The van der Waals surface area contributed by atoms with E-state index in [0.717, 1.165) is 45.7 Å². The third-order valence-electron chi connectivity index (χ3n) is 4.05. The second-order valence-electron chi connectivity index (χ2n) is 6.01. The lowest BCUT2D eigenvalue weighted by molar-refractivity contribution is 0.929. The molecule has 0 radical (unpaired) electrons. The van der Waals surface area contributed by atoms with Crippen LogP contribution >= 0.6 is 11.3 Å². The number of rotatable bonds is 4. The molecule has 3 rings (SSSR count). The fourth-order valence-corrected chi connectivity index (χ4v) is 4.06. The van der Waals surface area contributed by atoms with Crippen molar-refractivity contribution in [3.63, 3.8) is 0 Å². The third kappa shape index (κ3) is 2.60. The first-order valence-electron chi connectivity index (χ1n) is 8.16. The molecule has 0 atom stereocenters. The first-order valence-corrected chi connectivity index (χ1v) is 8.97. The molecule has 5 nitrogen and oxygen atoms in total. The summed E-state index contributed by atoms with van der Waals surface area (Å²) in [4.78, 5) is 25.1. The van der Waals surface area contributed by atoms with Crippen LogP contribution in [0.2, 0.25) is 0 Å². The molecule has 0 saturated heterocycles. The maximum atomic E-state index is 13.0. The second-order valence-corrected chi connectivity index (χ2v) is 7.01. The van der Waals surface area contributed by atoms with Gasteiger partial charge in [-0.1, -0.05) is 19.9 Å². The monoisotopic (exact) mass is 342 g/mol. The van der Waals surface area contributed by atoms with Gasteiger partial charge in [-0.15, -0.1) is 11.3 Å². The van der Waals surface area contributed by atoms with Crippen molar-refractivity contribution >= 4 is 43.2 Å². The molecular weight excluding hydrogens is 320 g/mol. The van der Waals surface area contributed by atoms with Crippen LogP contribution in [0.25, 0.3) is 26.1 Å². The normalized spacial score (nSPS) is 12.3. The SMILES string of the molecule is CC/C=C(\CC)n1cnc2c(sc3nc(C)cc(N(C)C)c32)c1=O. The van der Waals surface area contributed by atoms with Crippen LogP contribution in [-0.4, -0.2) is 28.6 Å². The number of hydrogen-bond acceptors (Lipinski definition) is 5. The van der Waals surface area contributed by atoms with Gasteiger partial charge in [0.1, 0.15) is 15.9 Å². The molecule has 0 bridgehead atoms. The van der Waals surface area contributed by atoms with Crippen molar-refractivity contribution in [2.45, 2.75) is 33.6 Å². The molecule has 0 amide bonds. The Kier molecular flexibility index (Phi) is 4.41. The zero-order valence-corrected chi connectivity index (χ0v) is 15.6. The van der Waals surface area contributed by atoms with Gasteiger partial charge in [0.2, 0.25) is 0 Å². The van der Waals surface area contributed by atoms with Gasteiger partial charge in [-0.3, -0.25) is 9.36 Å². The molecule has 0 aliphatic rings. The van der Waals surface area contributed by atoms with Gasteiger partial charge >= 0.3 is 0 Å². The molecule has 24 heavy (non-hydrogen) atoms. The third-order valence-corrected chi connectivity index (χ3v) is 5.11. The van der Waals surface area contributed by atoms with Crippen LogP contribution in [0.1, 0.15) is 32.4 Å². The molecule has 6 heteroatoms. The van der Waals surface area contributed by atoms with E-state index in [9.17, 15) is 4.79 Å². The summed E-state index contributed by atoms with van der Waals surface area (Å²) in [5.41, 5.74) is 3.73. The second kappa shape index (κ2) is 6.36. The number of aromatic nitrogens is 3. The molecule has 3 heterocycles. The highest BCUT2D eigenvalue weighted by molar-refractivity contribution is 7.25. The van der Waals surface area contributed by atoms with E-state index in [1.807, 2.05) is 32.0 Å². The van der Waals surface area contributed by atoms with E-state index in [1.54, 1.807) is 10.9 Å². The standard InChI is InChI=1S/C18H22N4OS/c1-6-8-12(7-2)22-10-19-15-14-13(21(4)5)9-11(3)20-17(14)24-16(15)18(22)23/h8-10H,6-7H2,1-5H3/b12-8+. The van der Waals surface area contributed by atoms with Crippen molar-refractivity contribution in [1.29, 1.82) is 0 Å². The molecule has 0 aromatic carbocycles. The quantitative estimate of drug-likeness (QED) is 0.718. The summed E-state index contributed by atoms with van der Waals surface area (Å²) in [6.07, 6.45) is 5.43. The van der Waals surface area contributed by atoms with E-state index in [4.69, 9.17) is 0 Å². The number of hydrogen-bond donors (Lipinski definition) is 0. The van der Waals surface area contributed by atoms with Gasteiger partial charge in [-0.25, -0.2) is 9.97 Å². The first kappa shape index (κ1) is 16.6. The van der Waals surface area contributed by atoms with Crippen molar-refractivity contribution < 1.29 is 0 Å². The van der Waals surface area contributed by atoms with Gasteiger partial charge in [0.15, 0.2) is 0 Å². The van der Waals surface area contributed by atoms with Gasteiger partial charge in [-0.05, 0) is 25.8 Å². The maximum Gasteiger partial charge on any atom is 0.275 e. The molecule has 0 spiro atoms. The Labute approximate surface area is 145 Å². The van der Waals surface area contributed by atoms with E-state index < -0.39 is 0 Å². The van der Waals surface area contributed by atoms with Gasteiger partial charge < -0.3 is 4.90 Å². The first-order chi connectivity index (χ1) is 11.5. The number of anilines is 1. The molecular formula is C18H22N4OS. The number of aryl methyl sites for hydroxylation is 1. The highest BCUT2D eigenvalue weighted by Gasteiger charge is 2.17. The highest BCUT2D eigenvalue weighted by Crippen LogP contribution is 2.36. The van der Waals surface area contributed by atoms with Crippen molar-refractivity contribution in [2.75, 3.05) is 19.0 Å². The van der Waals surface area contributed by atoms with E-state index >= 15 is 0 Å². The highest BCUT2D eigenvalue weighted by atomic mass is 32.1. The van der Waals surface area contributed by atoms with E-state index in [2.05, 4.69) is 29.9 Å². The summed E-state index contributed by atoms with van der Waals surface area (Å²) < 4.78 is 2.34. The van der Waals surface area contributed by atoms with Crippen molar-refractivity contribution in [3.05, 3.63) is 34.5 Å². The lowest BCUT2D eigenvalue weighted by Gasteiger charge is -2.14. The van der Waals surface area contributed by atoms with Gasteiger partial charge in [-0.2, -0.15) is 0 Å². The topological polar surface area (TPSA) is 51.0 Å². The van der Waals surface area contributed by atoms with E-state index in [0.29, 0.717) is 4.70 Å². The Hall–Kier alpha value is -2.21. The van der Waals surface area contributed by atoms with E-state index in [1.165, 1.54) is 11.3 Å². The molecule has 0 fully saturated rings. The van der Waals surface area contributed by atoms with Crippen LogP contribution in [0.5, 0.6) is 0 Å². The van der Waals surface area contributed by atoms with Crippen molar-refractivity contribution in [1.82, 2.24) is 14.5 Å². The summed E-state index contributed by atoms with van der Waals surface area (Å²) >= 11 is 1.43. The van der Waals surface area contributed by atoms with Gasteiger partial charge in [0.25, 0.3) is 5.56 Å². The molecule has 3 aromatic heterocycles. The predicted molar refractivity (Wildman–Crippen MR) is 103 cm³/mol. The molecule has 0 aliphatic carbocycles. The Morgan fingerprint density at radius 2 is 2.12 bits per heavy atom. The summed E-state index contributed by atoms with van der Waals surface area (Å²) in [6.45, 7) is 6.10. The van der Waals surface area contributed by atoms with Crippen LogP contribution < -0.4 is 10.5 Å². The van der Waals surface area contributed by atoms with Crippen molar-refractivity contribution in [3.8, 4) is 0 Å².